The van der Waals surface area contributed by atoms with E-state index in [2.05, 4.69) is 162 Å². The number of aryl methyl sites for hydroxylation is 5. The summed E-state index contributed by atoms with van der Waals surface area (Å²) in [4.78, 5) is 12.5. The Morgan fingerprint density at radius 1 is 0.704 bits per heavy atom. The Labute approximate surface area is 440 Å². The van der Waals surface area contributed by atoms with Crippen molar-refractivity contribution >= 4 is 22.6 Å². The van der Waals surface area contributed by atoms with Crippen LogP contribution in [0.5, 0.6) is 0 Å². The fraction of sp³-hybridized carbons (Fsp3) is 0.470. The lowest BCUT2D eigenvalue weighted by Gasteiger charge is -2.25. The minimum Gasteiger partial charge on any atom is -0.261 e. The van der Waals surface area contributed by atoms with Crippen LogP contribution >= 0.6 is 16.5 Å². The van der Waals surface area contributed by atoms with Crippen LogP contribution < -0.4 is 0 Å². The zero-order valence-electron chi connectivity index (χ0n) is 46.6. The normalized spacial score (nSPS) is 13.3. The van der Waals surface area contributed by atoms with E-state index in [1.165, 1.54) is 143 Å². The summed E-state index contributed by atoms with van der Waals surface area (Å²) < 4.78 is 0. The van der Waals surface area contributed by atoms with Gasteiger partial charge in [0.05, 0.1) is 0 Å². The first-order valence-electron chi connectivity index (χ1n) is 27.6. The highest BCUT2D eigenvalue weighted by Gasteiger charge is 2.21. The summed E-state index contributed by atoms with van der Waals surface area (Å²) in [5.41, 5.74) is 11.9. The van der Waals surface area contributed by atoms with Gasteiger partial charge in [0, 0.05) is 41.8 Å². The first-order valence-corrected chi connectivity index (χ1v) is 30.9. The fourth-order valence-electron chi connectivity index (χ4n) is 6.85. The Kier molecular flexibility index (Phi) is 40.5. The molecule has 5 aromatic rings. The molecule has 5 heterocycles. The largest absolute Gasteiger partial charge is 0.261 e. The minimum atomic E-state index is 0.363. The lowest BCUT2D eigenvalue weighted by Crippen LogP contribution is -2.06. The van der Waals surface area contributed by atoms with Gasteiger partial charge in [0.25, 0.3) is 0 Å². The maximum absolute atomic E-state index is 4.32. The highest BCUT2D eigenvalue weighted by Crippen LogP contribution is 2.48. The molecule has 388 valence electrons. The number of nitrogens with zero attached hydrogens (tertiary/aromatic N) is 3. The molecule has 1 atom stereocenters. The molecule has 1 unspecified atom stereocenters. The summed E-state index contributed by atoms with van der Waals surface area (Å²) in [5, 5.41) is 0. The van der Waals surface area contributed by atoms with E-state index in [1.807, 2.05) is 81.0 Å². The van der Waals surface area contributed by atoms with E-state index >= 15 is 0 Å². The van der Waals surface area contributed by atoms with Crippen molar-refractivity contribution in [1.82, 2.24) is 15.0 Å². The van der Waals surface area contributed by atoms with Gasteiger partial charge >= 0.3 is 0 Å². The van der Waals surface area contributed by atoms with Crippen LogP contribution in [0.4, 0.5) is 0 Å². The molecule has 71 heavy (non-hydrogen) atoms. The van der Waals surface area contributed by atoms with Crippen LogP contribution in [-0.4, -0.2) is 39.6 Å². The Hall–Kier alpha value is -4.29. The molecular formula is C66H99N3P2. The number of hydrogen-bond donors (Lipinski definition) is 0. The number of benzene rings is 2. The highest BCUT2D eigenvalue weighted by molar-refractivity contribution is 7.58. The molecule has 3 aromatic heterocycles. The number of unbranched alkanes of at least 4 members (excludes halogenated alkanes) is 2. The molecule has 3 aliphatic rings. The second-order valence-electron chi connectivity index (χ2n) is 18.4. The van der Waals surface area contributed by atoms with Gasteiger partial charge in [0.2, 0.25) is 0 Å². The van der Waals surface area contributed by atoms with Crippen molar-refractivity contribution in [3.63, 3.8) is 0 Å². The summed E-state index contributed by atoms with van der Waals surface area (Å²) in [6.07, 6.45) is 40.7. The molecule has 3 nitrogen and oxygen atoms in total. The van der Waals surface area contributed by atoms with E-state index in [-0.39, 0.29) is 0 Å². The van der Waals surface area contributed by atoms with Crippen LogP contribution in [0.1, 0.15) is 165 Å². The molecule has 2 saturated heterocycles. The number of aromatic nitrogens is 3. The topological polar surface area (TPSA) is 38.7 Å². The van der Waals surface area contributed by atoms with E-state index < -0.39 is 0 Å². The van der Waals surface area contributed by atoms with E-state index in [0.717, 1.165) is 48.9 Å². The molecule has 2 aromatic carbocycles. The molecule has 3 fully saturated rings. The number of allylic oxidation sites excluding steroid dienone is 5. The number of hydrogen-bond acceptors (Lipinski definition) is 3. The average Bonchev–Trinajstić information content (AvgIpc) is 4.35. The Morgan fingerprint density at radius 3 is 1.68 bits per heavy atom. The molecule has 0 bridgehead atoms. The van der Waals surface area contributed by atoms with Crippen LogP contribution in [0.15, 0.2) is 159 Å². The van der Waals surface area contributed by atoms with Crippen LogP contribution in [-0.2, 0) is 38.3 Å². The summed E-state index contributed by atoms with van der Waals surface area (Å²) in [7, 11) is 1.70. The molecule has 8 rings (SSSR count). The summed E-state index contributed by atoms with van der Waals surface area (Å²) in [5.74, 6) is 1.74. The van der Waals surface area contributed by atoms with Crippen molar-refractivity contribution in [2.45, 2.75) is 165 Å². The van der Waals surface area contributed by atoms with Gasteiger partial charge in [0.1, 0.15) is 0 Å². The quantitative estimate of drug-likeness (QED) is 0.0499. The number of pyridine rings is 3. The van der Waals surface area contributed by atoms with Gasteiger partial charge in [-0.2, -0.15) is 0 Å². The Bertz CT molecular complexity index is 2010. The van der Waals surface area contributed by atoms with E-state index in [4.69, 9.17) is 0 Å². The summed E-state index contributed by atoms with van der Waals surface area (Å²) >= 11 is 0. The lowest BCUT2D eigenvalue weighted by atomic mass is 10.00. The molecule has 1 aliphatic carbocycles. The van der Waals surface area contributed by atoms with E-state index in [9.17, 15) is 0 Å². The third-order valence-electron chi connectivity index (χ3n) is 11.7. The van der Waals surface area contributed by atoms with Gasteiger partial charge in [0.15, 0.2) is 0 Å². The lowest BCUT2D eigenvalue weighted by molar-refractivity contribution is 0.563. The van der Waals surface area contributed by atoms with Crippen molar-refractivity contribution in [2.75, 3.05) is 24.6 Å². The zero-order chi connectivity index (χ0) is 52.2. The smallest absolute Gasteiger partial charge is 0.0446 e. The van der Waals surface area contributed by atoms with Crippen molar-refractivity contribution in [3.05, 3.63) is 204 Å². The minimum absolute atomic E-state index is 0.363. The maximum Gasteiger partial charge on any atom is 0.0446 e. The van der Waals surface area contributed by atoms with Gasteiger partial charge in [-0.15, -0.1) is 16.5 Å². The van der Waals surface area contributed by atoms with Crippen molar-refractivity contribution in [1.29, 1.82) is 0 Å². The summed E-state index contributed by atoms with van der Waals surface area (Å²) in [6.45, 7) is 29.3. The van der Waals surface area contributed by atoms with Gasteiger partial charge in [-0.05, 0) is 166 Å². The average molecular weight is 996 g/mol. The molecule has 1 saturated carbocycles. The molecule has 2 aliphatic heterocycles. The number of rotatable bonds is 18. The van der Waals surface area contributed by atoms with Gasteiger partial charge in [-0.3, -0.25) is 15.0 Å². The maximum atomic E-state index is 4.32. The van der Waals surface area contributed by atoms with Crippen LogP contribution in [0, 0.1) is 18.8 Å². The Morgan fingerprint density at radius 2 is 1.27 bits per heavy atom. The monoisotopic (exact) mass is 996 g/mol. The van der Waals surface area contributed by atoms with Gasteiger partial charge in [-0.25, -0.2) is 0 Å². The third-order valence-corrected chi connectivity index (χ3v) is 14.8. The van der Waals surface area contributed by atoms with Crippen molar-refractivity contribution in [3.8, 4) is 0 Å². The van der Waals surface area contributed by atoms with Crippen LogP contribution in [0.25, 0.3) is 6.08 Å². The first-order chi connectivity index (χ1) is 34.7. The molecular weight excluding hydrogens is 897 g/mol. The molecule has 0 N–H and O–H groups in total. The van der Waals surface area contributed by atoms with Gasteiger partial charge in [-0.1, -0.05) is 203 Å². The standard InChI is InChI=1S/C15H26.C12H14.C12H18.C9H12NP.2C7H9N.C2H5P.C2H6/c1-5-7-8-9-10-11-12-15(4)13-14(3)6-2;1-2-10-3-5-11(6-4-10)9-12-7-8-12;1-4-6-12-8-10(3)7-11(5-2)9-12;1-2-5-10-9(4-1)8-11-6-3-7-11;2*1-2-7-5-3-4-6-8-7;1-2-3-1;1-2/h9-12,14H,4-8,13H2,1-3H3;2-6,12H,1,7-9H2;7-9H,4-6H2,1-3H3;1-2,4-5H,3,6-8H2;2*3-6H,2H2,1H3;3H,1-2H2;1-2H3/b10-9-,12-11-;;;;;;;. The fourth-order valence-corrected chi connectivity index (χ4v) is 8.58. The van der Waals surface area contributed by atoms with E-state index in [0.29, 0.717) is 7.92 Å². The van der Waals surface area contributed by atoms with Crippen LogP contribution in [0.3, 0.4) is 0 Å². The highest BCUT2D eigenvalue weighted by atomic mass is 31.1. The molecule has 5 heteroatoms. The Balaban J connectivity index is 0.000000421. The van der Waals surface area contributed by atoms with E-state index in [1.54, 1.807) is 0 Å². The SMILES string of the molecule is C1CP1.C=C(/C=C\C=C/CCCC)CC(C)CC.C=Cc1ccc(CC2CC2)cc1.CC.CCCc1cc(C)cc(CC)c1.CCc1ccccn1.CCc1ccccn1.c1ccc(CP2CCC2)nc1. The molecule has 0 amide bonds. The van der Waals surface area contributed by atoms with Gasteiger partial charge < -0.3 is 0 Å². The summed E-state index contributed by atoms with van der Waals surface area (Å²) in [6, 6.07) is 33.8. The third kappa shape index (κ3) is 37.2. The van der Waals surface area contributed by atoms with Crippen LogP contribution in [0.2, 0.25) is 0 Å². The predicted octanol–water partition coefficient (Wildman–Crippen LogP) is 19.5. The molecule has 0 spiro atoms. The first kappa shape index (κ1) is 64.7. The second kappa shape index (κ2) is 44.4. The van der Waals surface area contributed by atoms with Crippen molar-refractivity contribution in [2.24, 2.45) is 11.8 Å². The predicted molar refractivity (Wildman–Crippen MR) is 324 cm³/mol. The zero-order valence-corrected chi connectivity index (χ0v) is 48.5. The van der Waals surface area contributed by atoms with Crippen molar-refractivity contribution < 1.29 is 0 Å². The molecule has 0 radical (unpaired) electrons. The second-order valence-corrected chi connectivity index (χ2v) is 22.4.